The second kappa shape index (κ2) is 6.95. The highest BCUT2D eigenvalue weighted by atomic mass is 32.2. The minimum Gasteiger partial charge on any atom is -0.496 e. The maximum absolute atomic E-state index is 12.6. The standard InChI is InChI=1S/C15H24N2O4S/c1-11-9-17(10-12(2)21-11)22(18,19)16-13(3)14-7-5-6-8-15(14)20-4/h5-8,11-13,16H,9-10H2,1-4H3. The smallest absolute Gasteiger partial charge is 0.280 e. The number of ether oxygens (including phenoxy) is 2. The molecule has 1 fully saturated rings. The summed E-state index contributed by atoms with van der Waals surface area (Å²) in [5.41, 5.74) is 0.808. The molecule has 0 saturated carbocycles. The molecule has 0 aromatic heterocycles. The number of methoxy groups -OCH3 is 1. The van der Waals surface area contributed by atoms with Crippen molar-refractivity contribution in [3.05, 3.63) is 29.8 Å². The second-order valence-electron chi connectivity index (χ2n) is 5.66. The first-order chi connectivity index (χ1) is 10.3. The number of para-hydroxylation sites is 1. The SMILES string of the molecule is COc1ccccc1C(C)NS(=O)(=O)N1CC(C)OC(C)C1. The monoisotopic (exact) mass is 328 g/mol. The molecule has 3 atom stereocenters. The number of morpholine rings is 1. The normalized spacial score (nSPS) is 24.9. The first-order valence-electron chi connectivity index (χ1n) is 7.39. The minimum absolute atomic E-state index is 0.109. The average molecular weight is 328 g/mol. The highest BCUT2D eigenvalue weighted by Crippen LogP contribution is 2.25. The van der Waals surface area contributed by atoms with Crippen LogP contribution in [0.2, 0.25) is 0 Å². The van der Waals surface area contributed by atoms with E-state index in [1.807, 2.05) is 45.0 Å². The van der Waals surface area contributed by atoms with Gasteiger partial charge in [0.05, 0.1) is 19.3 Å². The van der Waals surface area contributed by atoms with Crippen molar-refractivity contribution in [2.24, 2.45) is 0 Å². The largest absolute Gasteiger partial charge is 0.496 e. The van der Waals surface area contributed by atoms with Crippen molar-refractivity contribution >= 4 is 10.2 Å². The zero-order valence-corrected chi connectivity index (χ0v) is 14.3. The molecule has 1 heterocycles. The Balaban J connectivity index is 2.14. The molecule has 1 aromatic rings. The van der Waals surface area contributed by atoms with Crippen molar-refractivity contribution in [1.82, 2.24) is 9.03 Å². The summed E-state index contributed by atoms with van der Waals surface area (Å²) in [4.78, 5) is 0. The molecule has 1 aliphatic heterocycles. The van der Waals surface area contributed by atoms with Gasteiger partial charge in [-0.1, -0.05) is 18.2 Å². The number of nitrogens with zero attached hydrogens (tertiary/aromatic N) is 1. The lowest BCUT2D eigenvalue weighted by molar-refractivity contribution is -0.0444. The molecule has 0 amide bonds. The molecule has 3 unspecified atom stereocenters. The van der Waals surface area contributed by atoms with Gasteiger partial charge in [0.1, 0.15) is 5.75 Å². The Labute approximate surface area is 132 Å². The van der Waals surface area contributed by atoms with E-state index in [1.54, 1.807) is 7.11 Å². The van der Waals surface area contributed by atoms with E-state index in [1.165, 1.54) is 4.31 Å². The van der Waals surface area contributed by atoms with Gasteiger partial charge in [-0.05, 0) is 26.8 Å². The number of hydrogen-bond donors (Lipinski definition) is 1. The lowest BCUT2D eigenvalue weighted by Crippen LogP contribution is -2.52. The van der Waals surface area contributed by atoms with Crippen LogP contribution in [0, 0.1) is 0 Å². The maximum atomic E-state index is 12.6. The zero-order chi connectivity index (χ0) is 16.3. The van der Waals surface area contributed by atoms with Crippen LogP contribution >= 0.6 is 0 Å². The molecular weight excluding hydrogens is 304 g/mol. The van der Waals surface area contributed by atoms with Gasteiger partial charge in [0.25, 0.3) is 10.2 Å². The fourth-order valence-corrected chi connectivity index (χ4v) is 4.25. The van der Waals surface area contributed by atoms with Crippen molar-refractivity contribution in [3.63, 3.8) is 0 Å². The lowest BCUT2D eigenvalue weighted by Gasteiger charge is -2.35. The third-order valence-electron chi connectivity index (χ3n) is 3.66. The van der Waals surface area contributed by atoms with Crippen LogP contribution in [-0.2, 0) is 14.9 Å². The topological polar surface area (TPSA) is 67.9 Å². The Hall–Kier alpha value is -1.15. The van der Waals surface area contributed by atoms with Gasteiger partial charge in [-0.2, -0.15) is 17.4 Å². The van der Waals surface area contributed by atoms with E-state index in [-0.39, 0.29) is 18.2 Å². The molecule has 7 heteroatoms. The Morgan fingerprint density at radius 2 is 1.86 bits per heavy atom. The molecule has 124 valence electrons. The Bertz CT molecular complexity index is 595. The lowest BCUT2D eigenvalue weighted by atomic mass is 10.1. The van der Waals surface area contributed by atoms with Gasteiger partial charge in [-0.3, -0.25) is 0 Å². The number of nitrogens with one attached hydrogen (secondary N) is 1. The Morgan fingerprint density at radius 3 is 2.45 bits per heavy atom. The first-order valence-corrected chi connectivity index (χ1v) is 8.83. The zero-order valence-electron chi connectivity index (χ0n) is 13.4. The van der Waals surface area contributed by atoms with Crippen LogP contribution < -0.4 is 9.46 Å². The van der Waals surface area contributed by atoms with Gasteiger partial charge < -0.3 is 9.47 Å². The Kier molecular flexibility index (Phi) is 5.44. The Morgan fingerprint density at radius 1 is 1.27 bits per heavy atom. The molecule has 6 nitrogen and oxygen atoms in total. The molecule has 0 radical (unpaired) electrons. The summed E-state index contributed by atoms with van der Waals surface area (Å²) in [6.07, 6.45) is -0.219. The van der Waals surface area contributed by atoms with Gasteiger partial charge in [0.15, 0.2) is 0 Å². The predicted octanol–water partition coefficient (Wildman–Crippen LogP) is 1.70. The van der Waals surface area contributed by atoms with Gasteiger partial charge in [-0.15, -0.1) is 0 Å². The molecular formula is C15H24N2O4S. The van der Waals surface area contributed by atoms with Crippen molar-refractivity contribution in [1.29, 1.82) is 0 Å². The minimum atomic E-state index is -3.57. The third-order valence-corrected chi connectivity index (χ3v) is 5.29. The highest BCUT2D eigenvalue weighted by Gasteiger charge is 2.32. The first kappa shape index (κ1) is 17.2. The van der Waals surface area contributed by atoms with Crippen LogP contribution in [0.25, 0.3) is 0 Å². The summed E-state index contributed by atoms with van der Waals surface area (Å²) in [7, 11) is -2.00. The molecule has 0 bridgehead atoms. The summed E-state index contributed by atoms with van der Waals surface area (Å²) in [6, 6.07) is 7.01. The van der Waals surface area contributed by atoms with Crippen LogP contribution in [0.15, 0.2) is 24.3 Å². The van der Waals surface area contributed by atoms with E-state index in [0.717, 1.165) is 5.56 Å². The summed E-state index contributed by atoms with van der Waals surface area (Å²) in [5, 5.41) is 0. The van der Waals surface area contributed by atoms with Crippen LogP contribution in [0.5, 0.6) is 5.75 Å². The van der Waals surface area contributed by atoms with E-state index in [2.05, 4.69) is 4.72 Å². The van der Waals surface area contributed by atoms with E-state index in [9.17, 15) is 8.42 Å². The predicted molar refractivity (Wildman–Crippen MR) is 85.0 cm³/mol. The number of hydrogen-bond acceptors (Lipinski definition) is 4. The average Bonchev–Trinajstić information content (AvgIpc) is 2.45. The number of benzene rings is 1. The van der Waals surface area contributed by atoms with Crippen molar-refractivity contribution in [3.8, 4) is 5.75 Å². The van der Waals surface area contributed by atoms with Crippen LogP contribution in [0.4, 0.5) is 0 Å². The van der Waals surface area contributed by atoms with Gasteiger partial charge >= 0.3 is 0 Å². The fourth-order valence-electron chi connectivity index (χ4n) is 2.71. The number of rotatable bonds is 5. The molecule has 1 aromatic carbocycles. The van der Waals surface area contributed by atoms with Gasteiger partial charge in [-0.25, -0.2) is 0 Å². The quantitative estimate of drug-likeness (QED) is 0.893. The molecule has 2 rings (SSSR count). The fraction of sp³-hybridized carbons (Fsp3) is 0.600. The molecule has 0 spiro atoms. The van der Waals surface area contributed by atoms with Crippen molar-refractivity contribution < 1.29 is 17.9 Å². The van der Waals surface area contributed by atoms with Gasteiger partial charge in [0.2, 0.25) is 0 Å². The molecule has 0 aliphatic carbocycles. The van der Waals surface area contributed by atoms with E-state index < -0.39 is 10.2 Å². The molecule has 22 heavy (non-hydrogen) atoms. The van der Waals surface area contributed by atoms with E-state index in [0.29, 0.717) is 18.8 Å². The molecule has 1 aliphatic rings. The third kappa shape index (κ3) is 3.98. The summed E-state index contributed by atoms with van der Waals surface area (Å²) >= 11 is 0. The molecule has 1 saturated heterocycles. The van der Waals surface area contributed by atoms with E-state index in [4.69, 9.17) is 9.47 Å². The van der Waals surface area contributed by atoms with Crippen molar-refractivity contribution in [2.75, 3.05) is 20.2 Å². The van der Waals surface area contributed by atoms with E-state index >= 15 is 0 Å². The van der Waals surface area contributed by atoms with Crippen LogP contribution in [0.1, 0.15) is 32.4 Å². The summed E-state index contributed by atoms with van der Waals surface area (Å²) in [5.74, 6) is 0.668. The van der Waals surface area contributed by atoms with Crippen LogP contribution in [0.3, 0.4) is 0 Å². The van der Waals surface area contributed by atoms with Gasteiger partial charge in [0, 0.05) is 24.7 Å². The second-order valence-corrected chi connectivity index (χ2v) is 7.36. The van der Waals surface area contributed by atoms with Crippen molar-refractivity contribution in [2.45, 2.75) is 39.0 Å². The highest BCUT2D eigenvalue weighted by molar-refractivity contribution is 7.87. The molecule has 1 N–H and O–H groups in total. The summed E-state index contributed by atoms with van der Waals surface area (Å²) < 4.78 is 40.2. The maximum Gasteiger partial charge on any atom is 0.280 e. The summed E-state index contributed by atoms with van der Waals surface area (Å²) in [6.45, 7) is 6.28. The van der Waals surface area contributed by atoms with Crippen LogP contribution in [-0.4, -0.2) is 45.1 Å².